The Morgan fingerprint density at radius 3 is 2.75 bits per heavy atom. The Morgan fingerprint density at radius 2 is 2.15 bits per heavy atom. The summed E-state index contributed by atoms with van der Waals surface area (Å²) in [4.78, 5) is 25.7. The molecule has 0 aromatic heterocycles. The topological polar surface area (TPSA) is 46.6 Å². The van der Waals surface area contributed by atoms with Gasteiger partial charge < -0.3 is 9.64 Å². The number of alkyl halides is 1. The van der Waals surface area contributed by atoms with Crippen molar-refractivity contribution >= 4 is 23.5 Å². The summed E-state index contributed by atoms with van der Waals surface area (Å²) in [5.41, 5.74) is 0.969. The van der Waals surface area contributed by atoms with Crippen molar-refractivity contribution < 1.29 is 14.3 Å². The summed E-state index contributed by atoms with van der Waals surface area (Å²) in [5.74, 6) is -0.572. The van der Waals surface area contributed by atoms with E-state index in [4.69, 9.17) is 16.3 Å². The van der Waals surface area contributed by atoms with Gasteiger partial charge in [-0.15, -0.1) is 11.6 Å². The minimum atomic E-state index is -0.659. The molecule has 1 heterocycles. The van der Waals surface area contributed by atoms with E-state index in [0.29, 0.717) is 19.6 Å². The van der Waals surface area contributed by atoms with Gasteiger partial charge in [-0.05, 0) is 25.3 Å². The van der Waals surface area contributed by atoms with Gasteiger partial charge in [-0.25, -0.2) is 4.79 Å². The largest absolute Gasteiger partial charge is 0.464 e. The van der Waals surface area contributed by atoms with Crippen LogP contribution >= 0.6 is 11.6 Å². The van der Waals surface area contributed by atoms with Crippen molar-refractivity contribution in [3.05, 3.63) is 35.9 Å². The molecule has 1 saturated heterocycles. The number of rotatable bonds is 4. The second kappa shape index (κ2) is 6.75. The molecule has 5 heteroatoms. The van der Waals surface area contributed by atoms with E-state index in [9.17, 15) is 9.59 Å². The Hall–Kier alpha value is -1.55. The molecule has 0 saturated carbocycles. The van der Waals surface area contributed by atoms with Crippen LogP contribution in [0.1, 0.15) is 25.3 Å². The van der Waals surface area contributed by atoms with E-state index in [0.717, 1.165) is 12.0 Å². The van der Waals surface area contributed by atoms with Gasteiger partial charge in [-0.3, -0.25) is 4.79 Å². The predicted octanol–water partition coefficient (Wildman–Crippen LogP) is 2.35. The number of nitrogens with zero attached hydrogens (tertiary/aromatic N) is 1. The lowest BCUT2D eigenvalue weighted by atomic mass is 10.1. The smallest absolute Gasteiger partial charge is 0.328 e. The molecule has 108 valence electrons. The average Bonchev–Trinajstić information content (AvgIpc) is 2.46. The van der Waals surface area contributed by atoms with Crippen molar-refractivity contribution in [3.63, 3.8) is 0 Å². The van der Waals surface area contributed by atoms with Crippen LogP contribution in [-0.2, 0) is 20.9 Å². The van der Waals surface area contributed by atoms with Crippen molar-refractivity contribution in [2.24, 2.45) is 0 Å². The van der Waals surface area contributed by atoms with E-state index in [1.165, 1.54) is 4.90 Å². The highest BCUT2D eigenvalue weighted by Crippen LogP contribution is 2.20. The van der Waals surface area contributed by atoms with Gasteiger partial charge >= 0.3 is 5.97 Å². The Balaban J connectivity index is 2.20. The number of esters is 1. The summed E-state index contributed by atoms with van der Waals surface area (Å²) in [6.45, 7) is 2.42. The molecule has 1 unspecified atom stereocenters. The first-order chi connectivity index (χ1) is 9.59. The van der Waals surface area contributed by atoms with Crippen molar-refractivity contribution in [2.75, 3.05) is 6.61 Å². The number of carbonyl (C=O) groups is 2. The summed E-state index contributed by atoms with van der Waals surface area (Å²) in [5, 5.41) is -0.659. The fraction of sp³-hybridized carbons (Fsp3) is 0.467. The zero-order valence-corrected chi connectivity index (χ0v) is 12.2. The monoisotopic (exact) mass is 295 g/mol. The molecular formula is C15H18ClNO3. The molecule has 0 N–H and O–H groups in total. The first-order valence-electron chi connectivity index (χ1n) is 6.74. The van der Waals surface area contributed by atoms with Crippen LogP contribution in [0.15, 0.2) is 30.3 Å². The third-order valence-corrected chi connectivity index (χ3v) is 3.52. The normalized spacial score (nSPS) is 20.1. The van der Waals surface area contributed by atoms with E-state index in [1.807, 2.05) is 30.3 Å². The van der Waals surface area contributed by atoms with E-state index in [-0.39, 0.29) is 11.9 Å². The van der Waals surface area contributed by atoms with E-state index >= 15 is 0 Å². The van der Waals surface area contributed by atoms with Crippen LogP contribution in [0.3, 0.4) is 0 Å². The Kier molecular flexibility index (Phi) is 5.01. The number of hydrogen-bond acceptors (Lipinski definition) is 3. The molecule has 1 aliphatic rings. The molecule has 2 atom stereocenters. The number of amides is 1. The van der Waals surface area contributed by atoms with Crippen LogP contribution in [0.25, 0.3) is 0 Å². The molecule has 20 heavy (non-hydrogen) atoms. The number of hydrogen-bond donors (Lipinski definition) is 0. The first-order valence-corrected chi connectivity index (χ1v) is 7.18. The fourth-order valence-corrected chi connectivity index (χ4v) is 2.42. The molecule has 2 rings (SSSR count). The van der Waals surface area contributed by atoms with Gasteiger partial charge in [0.1, 0.15) is 11.4 Å². The Labute approximate surface area is 123 Å². The molecule has 4 nitrogen and oxygen atoms in total. The molecule has 0 bridgehead atoms. The lowest BCUT2D eigenvalue weighted by Gasteiger charge is -2.33. The van der Waals surface area contributed by atoms with Crippen LogP contribution in [0.4, 0.5) is 0 Å². The second-order valence-corrected chi connectivity index (χ2v) is 5.55. The van der Waals surface area contributed by atoms with Gasteiger partial charge in [-0.1, -0.05) is 30.3 Å². The van der Waals surface area contributed by atoms with E-state index in [1.54, 1.807) is 6.92 Å². The van der Waals surface area contributed by atoms with Gasteiger partial charge in [-0.2, -0.15) is 0 Å². The molecule has 1 aromatic rings. The molecule has 0 radical (unpaired) electrons. The summed E-state index contributed by atoms with van der Waals surface area (Å²) in [7, 11) is 0. The lowest BCUT2D eigenvalue weighted by molar-refractivity contribution is -0.160. The second-order valence-electron chi connectivity index (χ2n) is 4.89. The maximum Gasteiger partial charge on any atom is 0.328 e. The predicted molar refractivity (Wildman–Crippen MR) is 76.3 cm³/mol. The minimum absolute atomic E-state index is 0.237. The lowest BCUT2D eigenvalue weighted by Crippen LogP contribution is -2.49. The SMILES string of the molecule is C[C@@H](Cl)C(=O)N(Cc1ccccc1)C1CCCOC1=O. The van der Waals surface area contributed by atoms with Gasteiger partial charge in [0, 0.05) is 6.54 Å². The van der Waals surface area contributed by atoms with E-state index in [2.05, 4.69) is 0 Å². The number of cyclic esters (lactones) is 1. The molecular weight excluding hydrogens is 278 g/mol. The maximum atomic E-state index is 12.3. The van der Waals surface area contributed by atoms with Crippen molar-refractivity contribution in [1.29, 1.82) is 0 Å². The number of ether oxygens (including phenoxy) is 1. The fourth-order valence-electron chi connectivity index (χ4n) is 2.30. The van der Waals surface area contributed by atoms with Gasteiger partial charge in [0.15, 0.2) is 0 Å². The quantitative estimate of drug-likeness (QED) is 0.633. The van der Waals surface area contributed by atoms with Gasteiger partial charge in [0.25, 0.3) is 0 Å². The Morgan fingerprint density at radius 1 is 1.45 bits per heavy atom. The van der Waals surface area contributed by atoms with Crippen LogP contribution in [0.5, 0.6) is 0 Å². The van der Waals surface area contributed by atoms with Crippen LogP contribution in [0, 0.1) is 0 Å². The molecule has 1 aromatic carbocycles. The van der Waals surface area contributed by atoms with E-state index < -0.39 is 11.4 Å². The third kappa shape index (κ3) is 3.51. The third-order valence-electron chi connectivity index (χ3n) is 3.33. The van der Waals surface area contributed by atoms with Crippen molar-refractivity contribution in [3.8, 4) is 0 Å². The van der Waals surface area contributed by atoms with Crippen LogP contribution in [0.2, 0.25) is 0 Å². The van der Waals surface area contributed by atoms with Crippen LogP contribution < -0.4 is 0 Å². The average molecular weight is 296 g/mol. The highest BCUT2D eigenvalue weighted by atomic mass is 35.5. The number of benzene rings is 1. The number of carbonyl (C=O) groups excluding carboxylic acids is 2. The zero-order valence-electron chi connectivity index (χ0n) is 11.4. The number of halogens is 1. The van der Waals surface area contributed by atoms with Gasteiger partial charge in [0.05, 0.1) is 6.61 Å². The standard InChI is InChI=1S/C15H18ClNO3/c1-11(16)14(18)17(10-12-6-3-2-4-7-12)13-8-5-9-20-15(13)19/h2-4,6-7,11,13H,5,8-10H2,1H3/t11-,13?/m1/s1. The zero-order chi connectivity index (χ0) is 14.5. The molecule has 1 aliphatic heterocycles. The summed E-state index contributed by atoms with van der Waals surface area (Å²) in [6, 6.07) is 9.04. The highest BCUT2D eigenvalue weighted by Gasteiger charge is 2.34. The first kappa shape index (κ1) is 14.9. The minimum Gasteiger partial charge on any atom is -0.464 e. The molecule has 1 amide bonds. The molecule has 0 spiro atoms. The highest BCUT2D eigenvalue weighted by molar-refractivity contribution is 6.30. The molecule has 1 fully saturated rings. The summed E-state index contributed by atoms with van der Waals surface area (Å²) >= 11 is 5.91. The summed E-state index contributed by atoms with van der Waals surface area (Å²) in [6.07, 6.45) is 1.40. The maximum absolute atomic E-state index is 12.3. The molecule has 0 aliphatic carbocycles. The Bertz CT molecular complexity index is 475. The van der Waals surface area contributed by atoms with Crippen LogP contribution in [-0.4, -0.2) is 34.8 Å². The van der Waals surface area contributed by atoms with Crippen molar-refractivity contribution in [1.82, 2.24) is 4.90 Å². The van der Waals surface area contributed by atoms with Gasteiger partial charge in [0.2, 0.25) is 5.91 Å². The van der Waals surface area contributed by atoms with Crippen molar-refractivity contribution in [2.45, 2.75) is 37.7 Å². The summed E-state index contributed by atoms with van der Waals surface area (Å²) < 4.78 is 5.06.